The summed E-state index contributed by atoms with van der Waals surface area (Å²) in [5.41, 5.74) is 6.09. The quantitative estimate of drug-likeness (QED) is 0.724. The van der Waals surface area contributed by atoms with Crippen LogP contribution in [0.15, 0.2) is 0 Å². The second-order valence-corrected chi connectivity index (χ2v) is 4.75. The highest BCUT2D eigenvalue weighted by Gasteiger charge is 2.29. The monoisotopic (exact) mass is 183 g/mol. The number of ether oxygens (including phenoxy) is 1. The van der Waals surface area contributed by atoms with Gasteiger partial charge >= 0.3 is 0 Å². The first-order chi connectivity index (χ1) is 6.25. The Balaban J connectivity index is 1.66. The Morgan fingerprint density at radius 3 is 2.62 bits per heavy atom. The summed E-state index contributed by atoms with van der Waals surface area (Å²) in [5, 5.41) is 0. The predicted molar refractivity (Wildman–Crippen MR) is 53.5 cm³/mol. The summed E-state index contributed by atoms with van der Waals surface area (Å²) in [6.45, 7) is 2.15. The number of hydrogen-bond donors (Lipinski definition) is 1. The first-order valence-electron chi connectivity index (χ1n) is 5.66. The van der Waals surface area contributed by atoms with Gasteiger partial charge in [-0.3, -0.25) is 0 Å². The van der Waals surface area contributed by atoms with Gasteiger partial charge in [0.15, 0.2) is 0 Å². The lowest BCUT2D eigenvalue weighted by Gasteiger charge is -2.19. The second-order valence-electron chi connectivity index (χ2n) is 4.75. The fraction of sp³-hybridized carbons (Fsp3) is 1.00. The minimum absolute atomic E-state index is 0.297. The molecule has 0 spiro atoms. The number of hydrogen-bond acceptors (Lipinski definition) is 2. The minimum atomic E-state index is 0.297. The molecule has 1 heterocycles. The van der Waals surface area contributed by atoms with E-state index in [1.165, 1.54) is 38.5 Å². The van der Waals surface area contributed by atoms with Crippen molar-refractivity contribution in [1.29, 1.82) is 0 Å². The number of rotatable bonds is 4. The predicted octanol–water partition coefficient (Wildman–Crippen LogP) is 2.07. The number of nitrogens with two attached hydrogens (primary N) is 1. The van der Waals surface area contributed by atoms with Gasteiger partial charge in [0.1, 0.15) is 0 Å². The van der Waals surface area contributed by atoms with Crippen LogP contribution >= 0.6 is 0 Å². The molecule has 13 heavy (non-hydrogen) atoms. The van der Waals surface area contributed by atoms with Gasteiger partial charge in [-0.2, -0.15) is 0 Å². The van der Waals surface area contributed by atoms with Gasteiger partial charge in [-0.1, -0.05) is 12.8 Å². The van der Waals surface area contributed by atoms with Crippen molar-refractivity contribution in [3.05, 3.63) is 0 Å². The molecule has 0 bridgehead atoms. The topological polar surface area (TPSA) is 35.2 Å². The standard InChI is InChI=1S/C11H21NO/c1-8-2-7-11(13-8)10(12)6-5-9-3-4-9/h8-11H,2-7,12H2,1H3. The third-order valence-corrected chi connectivity index (χ3v) is 3.35. The van der Waals surface area contributed by atoms with Crippen molar-refractivity contribution < 1.29 is 4.74 Å². The molecule has 2 aliphatic rings. The van der Waals surface area contributed by atoms with Crippen molar-refractivity contribution in [3.63, 3.8) is 0 Å². The van der Waals surface area contributed by atoms with Crippen LogP contribution in [0.2, 0.25) is 0 Å². The summed E-state index contributed by atoms with van der Waals surface area (Å²) >= 11 is 0. The zero-order valence-electron chi connectivity index (χ0n) is 8.54. The lowest BCUT2D eigenvalue weighted by molar-refractivity contribution is 0.0381. The Morgan fingerprint density at radius 1 is 1.31 bits per heavy atom. The minimum Gasteiger partial charge on any atom is -0.374 e. The molecule has 1 aliphatic carbocycles. The van der Waals surface area contributed by atoms with Crippen LogP contribution in [0.1, 0.15) is 45.4 Å². The highest BCUT2D eigenvalue weighted by molar-refractivity contribution is 4.83. The normalized spacial score (nSPS) is 36.5. The van der Waals surface area contributed by atoms with Crippen LogP contribution < -0.4 is 5.73 Å². The molecule has 2 rings (SSSR count). The van der Waals surface area contributed by atoms with Crippen LogP contribution in [0.25, 0.3) is 0 Å². The average molecular weight is 183 g/mol. The van der Waals surface area contributed by atoms with Crippen LogP contribution in [0, 0.1) is 5.92 Å². The van der Waals surface area contributed by atoms with Gasteiger partial charge in [-0.05, 0) is 38.5 Å². The van der Waals surface area contributed by atoms with Gasteiger partial charge in [0.2, 0.25) is 0 Å². The van der Waals surface area contributed by atoms with Crippen LogP contribution in [0.3, 0.4) is 0 Å². The SMILES string of the molecule is CC1CCC(C(N)CCC2CC2)O1. The smallest absolute Gasteiger partial charge is 0.0730 e. The molecule has 2 nitrogen and oxygen atoms in total. The van der Waals surface area contributed by atoms with Gasteiger partial charge < -0.3 is 10.5 Å². The molecule has 76 valence electrons. The van der Waals surface area contributed by atoms with Gasteiger partial charge in [0.25, 0.3) is 0 Å². The highest BCUT2D eigenvalue weighted by atomic mass is 16.5. The molecule has 0 amide bonds. The van der Waals surface area contributed by atoms with Gasteiger partial charge in [0, 0.05) is 6.04 Å². The second kappa shape index (κ2) is 3.97. The molecule has 0 radical (unpaired) electrons. The fourth-order valence-corrected chi connectivity index (χ4v) is 2.17. The molecule has 1 aliphatic heterocycles. The van der Waals surface area contributed by atoms with E-state index in [4.69, 9.17) is 10.5 Å². The van der Waals surface area contributed by atoms with E-state index in [0.717, 1.165) is 5.92 Å². The van der Waals surface area contributed by atoms with E-state index in [9.17, 15) is 0 Å². The van der Waals surface area contributed by atoms with Crippen molar-refractivity contribution in [1.82, 2.24) is 0 Å². The summed E-state index contributed by atoms with van der Waals surface area (Å²) in [4.78, 5) is 0. The van der Waals surface area contributed by atoms with E-state index in [1.807, 2.05) is 0 Å². The van der Waals surface area contributed by atoms with Crippen LogP contribution in [-0.2, 0) is 4.74 Å². The molecule has 0 aromatic heterocycles. The molecule has 2 heteroatoms. The molecule has 0 aromatic carbocycles. The Labute approximate surface area is 80.8 Å². The summed E-state index contributed by atoms with van der Waals surface area (Å²) in [6, 6.07) is 0.297. The van der Waals surface area contributed by atoms with E-state index in [1.54, 1.807) is 0 Å². The lowest BCUT2D eigenvalue weighted by atomic mass is 10.0. The Bertz CT molecular complexity index is 167. The van der Waals surface area contributed by atoms with Crippen molar-refractivity contribution in [2.45, 2.75) is 63.7 Å². The van der Waals surface area contributed by atoms with Gasteiger partial charge in [-0.15, -0.1) is 0 Å². The third kappa shape index (κ3) is 2.68. The van der Waals surface area contributed by atoms with E-state index >= 15 is 0 Å². The molecule has 1 saturated carbocycles. The van der Waals surface area contributed by atoms with Gasteiger partial charge in [0.05, 0.1) is 12.2 Å². The van der Waals surface area contributed by atoms with E-state index in [2.05, 4.69) is 6.92 Å². The molecule has 3 unspecified atom stereocenters. The molecule has 1 saturated heterocycles. The summed E-state index contributed by atoms with van der Waals surface area (Å²) in [6.07, 6.45) is 8.54. The van der Waals surface area contributed by atoms with E-state index < -0.39 is 0 Å². The Kier molecular flexibility index (Phi) is 2.89. The third-order valence-electron chi connectivity index (χ3n) is 3.35. The van der Waals surface area contributed by atoms with Crippen molar-refractivity contribution in [2.24, 2.45) is 11.7 Å². The van der Waals surface area contributed by atoms with Crippen LogP contribution in [-0.4, -0.2) is 18.2 Å². The molecule has 2 fully saturated rings. The summed E-state index contributed by atoms with van der Waals surface area (Å²) in [5.74, 6) is 1.00. The zero-order chi connectivity index (χ0) is 9.26. The molecule has 3 atom stereocenters. The van der Waals surface area contributed by atoms with Crippen LogP contribution in [0.5, 0.6) is 0 Å². The van der Waals surface area contributed by atoms with E-state index in [0.29, 0.717) is 18.2 Å². The first kappa shape index (κ1) is 9.47. The maximum Gasteiger partial charge on any atom is 0.0730 e. The lowest BCUT2D eigenvalue weighted by Crippen LogP contribution is -2.34. The summed E-state index contributed by atoms with van der Waals surface area (Å²) < 4.78 is 5.75. The largest absolute Gasteiger partial charge is 0.374 e. The molecule has 0 aromatic rings. The summed E-state index contributed by atoms with van der Waals surface area (Å²) in [7, 11) is 0. The van der Waals surface area contributed by atoms with E-state index in [-0.39, 0.29) is 0 Å². The van der Waals surface area contributed by atoms with Gasteiger partial charge in [-0.25, -0.2) is 0 Å². The van der Waals surface area contributed by atoms with Crippen LogP contribution in [0.4, 0.5) is 0 Å². The maximum atomic E-state index is 6.09. The van der Waals surface area contributed by atoms with Crippen molar-refractivity contribution >= 4 is 0 Å². The van der Waals surface area contributed by atoms with Crippen molar-refractivity contribution in [3.8, 4) is 0 Å². The highest BCUT2D eigenvalue weighted by Crippen LogP contribution is 2.34. The molecular formula is C11H21NO. The first-order valence-corrected chi connectivity index (χ1v) is 5.66. The Morgan fingerprint density at radius 2 is 2.08 bits per heavy atom. The van der Waals surface area contributed by atoms with Crippen molar-refractivity contribution in [2.75, 3.05) is 0 Å². The average Bonchev–Trinajstić information content (AvgIpc) is 2.84. The molecular weight excluding hydrogens is 162 g/mol. The maximum absolute atomic E-state index is 6.09. The zero-order valence-corrected chi connectivity index (χ0v) is 8.54. The fourth-order valence-electron chi connectivity index (χ4n) is 2.17. The molecule has 2 N–H and O–H groups in total. The Hall–Kier alpha value is -0.0800.